The number of amides is 1. The van der Waals surface area contributed by atoms with E-state index in [2.05, 4.69) is 10.4 Å². The molecule has 128 valence electrons. The molecule has 1 aromatic heterocycles. The van der Waals surface area contributed by atoms with Crippen LogP contribution in [0.1, 0.15) is 12.5 Å². The summed E-state index contributed by atoms with van der Waals surface area (Å²) in [6.07, 6.45) is -2.29. The predicted octanol–water partition coefficient (Wildman–Crippen LogP) is 2.84. The van der Waals surface area contributed by atoms with Crippen LogP contribution in [0.25, 0.3) is 0 Å². The third-order valence-electron chi connectivity index (χ3n) is 3.87. The summed E-state index contributed by atoms with van der Waals surface area (Å²) in [5.74, 6) is 0.109. The largest absolute Gasteiger partial charge is 0.408 e. The summed E-state index contributed by atoms with van der Waals surface area (Å²) in [4.78, 5) is 14.3. The smallest absolute Gasteiger partial charge is 0.357 e. The number of carbonyl (C=O) groups is 1. The number of fused-ring (bicyclic) bond motifs is 1. The molecule has 1 N–H and O–H groups in total. The van der Waals surface area contributed by atoms with Crippen LogP contribution in [-0.2, 0) is 17.8 Å². The van der Waals surface area contributed by atoms with E-state index >= 15 is 0 Å². The molecule has 2 heterocycles. The van der Waals surface area contributed by atoms with E-state index in [4.69, 9.17) is 0 Å². The summed E-state index contributed by atoms with van der Waals surface area (Å²) in [5.41, 5.74) is 2.01. The zero-order valence-electron chi connectivity index (χ0n) is 13.0. The van der Waals surface area contributed by atoms with Crippen LogP contribution in [0.3, 0.4) is 0 Å². The maximum atomic E-state index is 12.6. The van der Waals surface area contributed by atoms with E-state index in [-0.39, 0.29) is 11.7 Å². The van der Waals surface area contributed by atoms with Crippen molar-refractivity contribution in [3.05, 3.63) is 42.1 Å². The zero-order valence-corrected chi connectivity index (χ0v) is 13.0. The molecule has 0 bridgehead atoms. The van der Waals surface area contributed by atoms with Gasteiger partial charge in [0.2, 0.25) is 5.91 Å². The van der Waals surface area contributed by atoms with Gasteiger partial charge in [0.25, 0.3) is 0 Å². The van der Waals surface area contributed by atoms with Gasteiger partial charge in [-0.25, -0.2) is 0 Å². The number of carbonyl (C=O) groups excluding carboxylic acids is 1. The third kappa shape index (κ3) is 3.52. The van der Waals surface area contributed by atoms with Gasteiger partial charge in [0.05, 0.1) is 0 Å². The number of halogens is 3. The van der Waals surface area contributed by atoms with Gasteiger partial charge in [-0.1, -0.05) is 18.2 Å². The maximum absolute atomic E-state index is 12.6. The lowest BCUT2D eigenvalue weighted by Gasteiger charge is -2.22. The molecule has 5 nitrogen and oxygen atoms in total. The van der Waals surface area contributed by atoms with E-state index in [1.165, 1.54) is 12.3 Å². The molecule has 1 atom stereocenters. The predicted molar refractivity (Wildman–Crippen MR) is 83.9 cm³/mol. The summed E-state index contributed by atoms with van der Waals surface area (Å²) in [5, 5.41) is 6.67. The van der Waals surface area contributed by atoms with Gasteiger partial charge in [-0.2, -0.15) is 18.3 Å². The quantitative estimate of drug-likeness (QED) is 0.933. The Balaban J connectivity index is 1.65. The second kappa shape index (κ2) is 6.18. The average Bonchev–Trinajstić information content (AvgIpc) is 3.11. The van der Waals surface area contributed by atoms with Gasteiger partial charge in [-0.3, -0.25) is 9.48 Å². The van der Waals surface area contributed by atoms with Gasteiger partial charge in [-0.15, -0.1) is 0 Å². The van der Waals surface area contributed by atoms with Crippen LogP contribution in [-0.4, -0.2) is 34.5 Å². The highest BCUT2D eigenvalue weighted by atomic mass is 19.4. The van der Waals surface area contributed by atoms with Crippen LogP contribution in [0.5, 0.6) is 0 Å². The lowest BCUT2D eigenvalue weighted by atomic mass is 10.2. The van der Waals surface area contributed by atoms with E-state index in [1.807, 2.05) is 24.3 Å². The Kier molecular flexibility index (Phi) is 4.21. The van der Waals surface area contributed by atoms with Gasteiger partial charge in [0, 0.05) is 24.5 Å². The average molecular weight is 338 g/mol. The fourth-order valence-corrected chi connectivity index (χ4v) is 2.79. The summed E-state index contributed by atoms with van der Waals surface area (Å²) in [6.45, 7) is 1.12. The molecule has 0 spiro atoms. The maximum Gasteiger partial charge on any atom is 0.408 e. The van der Waals surface area contributed by atoms with Crippen LogP contribution in [0.4, 0.5) is 24.7 Å². The van der Waals surface area contributed by atoms with Crippen molar-refractivity contribution in [1.29, 1.82) is 0 Å². The summed E-state index contributed by atoms with van der Waals surface area (Å²) >= 11 is 0. The Morgan fingerprint density at radius 1 is 1.33 bits per heavy atom. The highest BCUT2D eigenvalue weighted by Gasteiger charge is 2.29. The number of hydrogen-bond donors (Lipinski definition) is 1. The van der Waals surface area contributed by atoms with E-state index in [0.717, 1.165) is 22.4 Å². The molecule has 1 aromatic carbocycles. The minimum Gasteiger partial charge on any atom is -0.357 e. The molecule has 8 heteroatoms. The van der Waals surface area contributed by atoms with Crippen LogP contribution >= 0.6 is 0 Å². The third-order valence-corrected chi connectivity index (χ3v) is 3.87. The molecule has 2 aromatic rings. The molecule has 0 unspecified atom stereocenters. The van der Waals surface area contributed by atoms with Gasteiger partial charge in [0.1, 0.15) is 18.4 Å². The Morgan fingerprint density at radius 3 is 2.83 bits per heavy atom. The second-order valence-electron chi connectivity index (χ2n) is 5.75. The monoisotopic (exact) mass is 338 g/mol. The van der Waals surface area contributed by atoms with Crippen LogP contribution in [0.15, 0.2) is 36.5 Å². The van der Waals surface area contributed by atoms with Crippen molar-refractivity contribution in [2.75, 3.05) is 16.8 Å². The first kappa shape index (κ1) is 16.4. The summed E-state index contributed by atoms with van der Waals surface area (Å²) in [6, 6.07) is 8.52. The number of alkyl halides is 3. The van der Waals surface area contributed by atoms with Crippen molar-refractivity contribution in [3.8, 4) is 0 Å². The first-order valence-corrected chi connectivity index (χ1v) is 7.59. The second-order valence-corrected chi connectivity index (χ2v) is 5.75. The van der Waals surface area contributed by atoms with E-state index in [0.29, 0.717) is 6.54 Å². The highest BCUT2D eigenvalue weighted by Crippen LogP contribution is 2.28. The topological polar surface area (TPSA) is 50.2 Å². The van der Waals surface area contributed by atoms with Crippen LogP contribution in [0, 0.1) is 0 Å². The molecule has 0 saturated carbocycles. The number of nitrogens with zero attached hydrogens (tertiary/aromatic N) is 3. The fraction of sp³-hybridized carbons (Fsp3) is 0.375. The van der Waals surface area contributed by atoms with Gasteiger partial charge >= 0.3 is 6.18 Å². The summed E-state index contributed by atoms with van der Waals surface area (Å²) < 4.78 is 37.8. The number of nitrogens with one attached hydrogen (secondary N) is 1. The van der Waals surface area contributed by atoms with Crippen molar-refractivity contribution < 1.29 is 18.0 Å². The van der Waals surface area contributed by atoms with Crippen molar-refractivity contribution in [2.24, 2.45) is 0 Å². The Bertz CT molecular complexity index is 741. The molecular formula is C16H17F3N4O. The molecule has 0 aliphatic carbocycles. The fourth-order valence-electron chi connectivity index (χ4n) is 2.79. The SMILES string of the molecule is C[C@@H](Nc1ccn(CC(F)(F)F)n1)C(=O)N1CCc2ccccc21. The van der Waals surface area contributed by atoms with Crippen LogP contribution < -0.4 is 10.2 Å². The van der Waals surface area contributed by atoms with E-state index < -0.39 is 18.8 Å². The van der Waals surface area contributed by atoms with Crippen molar-refractivity contribution in [2.45, 2.75) is 32.1 Å². The molecule has 24 heavy (non-hydrogen) atoms. The van der Waals surface area contributed by atoms with Crippen molar-refractivity contribution >= 4 is 17.4 Å². The number of hydrogen-bond acceptors (Lipinski definition) is 3. The molecular weight excluding hydrogens is 321 g/mol. The molecule has 1 amide bonds. The number of rotatable bonds is 4. The zero-order chi connectivity index (χ0) is 17.3. The molecule has 3 rings (SSSR count). The van der Waals surface area contributed by atoms with E-state index in [9.17, 15) is 18.0 Å². The molecule has 0 radical (unpaired) electrons. The van der Waals surface area contributed by atoms with Crippen LogP contribution in [0.2, 0.25) is 0 Å². The summed E-state index contributed by atoms with van der Waals surface area (Å²) in [7, 11) is 0. The molecule has 1 aliphatic heterocycles. The molecule has 0 saturated heterocycles. The van der Waals surface area contributed by atoms with E-state index in [1.54, 1.807) is 11.8 Å². The minimum atomic E-state index is -4.33. The highest BCUT2D eigenvalue weighted by molar-refractivity contribution is 6.00. The first-order valence-electron chi connectivity index (χ1n) is 7.59. The van der Waals surface area contributed by atoms with Crippen molar-refractivity contribution in [3.63, 3.8) is 0 Å². The Morgan fingerprint density at radius 2 is 2.08 bits per heavy atom. The minimum absolute atomic E-state index is 0.134. The number of benzene rings is 1. The number of anilines is 2. The lowest BCUT2D eigenvalue weighted by molar-refractivity contribution is -0.142. The first-order chi connectivity index (χ1) is 11.3. The number of para-hydroxylation sites is 1. The number of aromatic nitrogens is 2. The Hall–Kier alpha value is -2.51. The van der Waals surface area contributed by atoms with Gasteiger partial charge in [-0.05, 0) is 25.0 Å². The Labute approximate surface area is 137 Å². The lowest BCUT2D eigenvalue weighted by Crippen LogP contribution is -2.40. The standard InChI is InChI=1S/C16H17F3N4O/c1-11(20-14-7-8-22(21-14)10-16(17,18)19)15(24)23-9-6-12-4-2-3-5-13(12)23/h2-5,7-8,11H,6,9-10H2,1H3,(H,20,21)/t11-/m1/s1. The molecule has 1 aliphatic rings. The van der Waals surface area contributed by atoms with Crippen molar-refractivity contribution in [1.82, 2.24) is 9.78 Å². The van der Waals surface area contributed by atoms with Gasteiger partial charge < -0.3 is 10.2 Å². The molecule has 0 fully saturated rings. The normalized spacial score (nSPS) is 15.2. The van der Waals surface area contributed by atoms with Gasteiger partial charge in [0.15, 0.2) is 0 Å².